The Hall–Kier alpha value is -0.560. The summed E-state index contributed by atoms with van der Waals surface area (Å²) in [6.45, 7) is 6.21. The first-order valence-electron chi connectivity index (χ1n) is 9.44. The molecular formula is C18H36Cl2N4O2. The molecule has 1 heterocycles. The zero-order valence-electron chi connectivity index (χ0n) is 16.4. The Bertz CT molecular complexity index is 425. The third-order valence-electron chi connectivity index (χ3n) is 5.49. The molecule has 2 fully saturated rings. The number of rotatable bonds is 6. The van der Waals surface area contributed by atoms with Crippen LogP contribution in [0.15, 0.2) is 0 Å². The van der Waals surface area contributed by atoms with Gasteiger partial charge in [0, 0.05) is 51.7 Å². The van der Waals surface area contributed by atoms with Gasteiger partial charge >= 0.3 is 0 Å². The molecule has 1 N–H and O–H groups in total. The highest BCUT2D eigenvalue weighted by Gasteiger charge is 2.27. The highest BCUT2D eigenvalue weighted by molar-refractivity contribution is 5.85. The fourth-order valence-electron chi connectivity index (χ4n) is 3.81. The molecule has 0 aromatic carbocycles. The van der Waals surface area contributed by atoms with E-state index >= 15 is 0 Å². The maximum Gasteiger partial charge on any atom is 0.236 e. The van der Waals surface area contributed by atoms with Gasteiger partial charge in [-0.1, -0.05) is 26.2 Å². The van der Waals surface area contributed by atoms with Gasteiger partial charge < -0.3 is 15.1 Å². The Morgan fingerprint density at radius 3 is 2.19 bits per heavy atom. The quantitative estimate of drug-likeness (QED) is 0.722. The first-order valence-corrected chi connectivity index (χ1v) is 9.44. The van der Waals surface area contributed by atoms with Crippen LogP contribution in [0.4, 0.5) is 0 Å². The summed E-state index contributed by atoms with van der Waals surface area (Å²) >= 11 is 0. The van der Waals surface area contributed by atoms with E-state index in [1.807, 2.05) is 30.8 Å². The third-order valence-corrected chi connectivity index (χ3v) is 5.49. The van der Waals surface area contributed by atoms with E-state index in [2.05, 4.69) is 10.2 Å². The number of piperazine rings is 1. The van der Waals surface area contributed by atoms with Crippen LogP contribution in [-0.2, 0) is 9.59 Å². The normalized spacial score (nSPS) is 19.9. The summed E-state index contributed by atoms with van der Waals surface area (Å²) in [6, 6.07) is 0.427. The number of carbonyl (C=O) groups is 2. The number of hydrogen-bond acceptors (Lipinski definition) is 4. The number of likely N-dealkylation sites (N-methyl/N-ethyl adjacent to an activating group) is 1. The first-order chi connectivity index (χ1) is 11.5. The summed E-state index contributed by atoms with van der Waals surface area (Å²) in [5, 5.41) is 3.06. The van der Waals surface area contributed by atoms with Gasteiger partial charge in [0.1, 0.15) is 0 Å². The van der Waals surface area contributed by atoms with Crippen molar-refractivity contribution in [1.82, 2.24) is 20.0 Å². The molecule has 1 saturated heterocycles. The van der Waals surface area contributed by atoms with Gasteiger partial charge in [-0.05, 0) is 19.9 Å². The molecule has 0 aromatic heterocycles. The standard InChI is InChI=1S/C18H34N4O2.2ClH/c1-15(13-19-2)18(24)22-11-9-21(10-12-22)14-17(23)20(3)16-7-5-4-6-8-16;;/h15-16,19H,4-14H2,1-3H3;2*1H. The number of nitrogens with one attached hydrogen (secondary N) is 1. The number of nitrogens with zero attached hydrogens (tertiary/aromatic N) is 3. The van der Waals surface area contributed by atoms with Crippen LogP contribution in [-0.4, -0.2) is 85.9 Å². The van der Waals surface area contributed by atoms with Crippen molar-refractivity contribution in [2.24, 2.45) is 5.92 Å². The molecule has 26 heavy (non-hydrogen) atoms. The number of carbonyl (C=O) groups excluding carboxylic acids is 2. The second-order valence-electron chi connectivity index (χ2n) is 7.36. The molecule has 2 aliphatic rings. The van der Waals surface area contributed by atoms with Gasteiger partial charge in [0.05, 0.1) is 6.54 Å². The van der Waals surface area contributed by atoms with E-state index < -0.39 is 0 Å². The van der Waals surface area contributed by atoms with Crippen molar-refractivity contribution in [1.29, 1.82) is 0 Å². The largest absolute Gasteiger partial charge is 0.342 e. The minimum absolute atomic E-state index is 0. The lowest BCUT2D eigenvalue weighted by molar-refractivity contribution is -0.138. The molecule has 2 amide bonds. The van der Waals surface area contributed by atoms with Crippen LogP contribution >= 0.6 is 24.8 Å². The van der Waals surface area contributed by atoms with Gasteiger partial charge in [0.2, 0.25) is 11.8 Å². The second kappa shape index (κ2) is 12.8. The van der Waals surface area contributed by atoms with Gasteiger partial charge in [0.15, 0.2) is 0 Å². The van der Waals surface area contributed by atoms with Crippen molar-refractivity contribution in [3.05, 3.63) is 0 Å². The van der Waals surface area contributed by atoms with Crippen molar-refractivity contribution in [3.8, 4) is 0 Å². The molecule has 0 bridgehead atoms. The van der Waals surface area contributed by atoms with E-state index in [-0.39, 0.29) is 42.5 Å². The fourth-order valence-corrected chi connectivity index (χ4v) is 3.81. The second-order valence-corrected chi connectivity index (χ2v) is 7.36. The van der Waals surface area contributed by atoms with Crippen LogP contribution in [0.2, 0.25) is 0 Å². The van der Waals surface area contributed by atoms with Crippen molar-refractivity contribution in [3.63, 3.8) is 0 Å². The smallest absolute Gasteiger partial charge is 0.236 e. The number of amides is 2. The number of halogens is 2. The maximum absolute atomic E-state index is 12.5. The van der Waals surface area contributed by atoms with E-state index in [1.165, 1.54) is 19.3 Å². The van der Waals surface area contributed by atoms with Gasteiger partial charge in [-0.3, -0.25) is 14.5 Å². The summed E-state index contributed by atoms with van der Waals surface area (Å²) < 4.78 is 0. The minimum Gasteiger partial charge on any atom is -0.342 e. The first kappa shape index (κ1) is 25.4. The lowest BCUT2D eigenvalue weighted by Gasteiger charge is -2.37. The van der Waals surface area contributed by atoms with Crippen LogP contribution in [0.3, 0.4) is 0 Å². The molecule has 0 aromatic rings. The van der Waals surface area contributed by atoms with Gasteiger partial charge in [-0.2, -0.15) is 0 Å². The molecule has 8 heteroatoms. The van der Waals surface area contributed by atoms with Crippen molar-refractivity contribution >= 4 is 36.6 Å². The van der Waals surface area contributed by atoms with Crippen LogP contribution in [0.5, 0.6) is 0 Å². The Kier molecular flexibility index (Phi) is 12.5. The van der Waals surface area contributed by atoms with E-state index in [9.17, 15) is 9.59 Å². The predicted octanol–water partition coefficient (Wildman–Crippen LogP) is 1.62. The predicted molar refractivity (Wildman–Crippen MR) is 110 cm³/mol. The lowest BCUT2D eigenvalue weighted by Crippen LogP contribution is -2.53. The summed E-state index contributed by atoms with van der Waals surface area (Å²) in [6.07, 6.45) is 6.09. The third kappa shape index (κ3) is 7.22. The summed E-state index contributed by atoms with van der Waals surface area (Å²) in [5.41, 5.74) is 0. The van der Waals surface area contributed by atoms with Crippen LogP contribution in [0.1, 0.15) is 39.0 Å². The molecule has 0 radical (unpaired) electrons. The molecule has 6 nitrogen and oxygen atoms in total. The van der Waals surface area contributed by atoms with Gasteiger partial charge in [-0.25, -0.2) is 0 Å². The molecule has 0 spiro atoms. The molecule has 1 unspecified atom stereocenters. The molecule has 1 aliphatic heterocycles. The summed E-state index contributed by atoms with van der Waals surface area (Å²) in [7, 11) is 3.83. The van der Waals surface area contributed by atoms with Gasteiger partial charge in [-0.15, -0.1) is 24.8 Å². The zero-order chi connectivity index (χ0) is 17.5. The Morgan fingerprint density at radius 1 is 1.08 bits per heavy atom. The fraction of sp³-hybridized carbons (Fsp3) is 0.889. The average molecular weight is 411 g/mol. The topological polar surface area (TPSA) is 55.9 Å². The SMILES string of the molecule is CNCC(C)C(=O)N1CCN(CC(=O)N(C)C2CCCCC2)CC1.Cl.Cl. The van der Waals surface area contributed by atoms with E-state index in [1.54, 1.807) is 0 Å². The van der Waals surface area contributed by atoms with E-state index in [0.717, 1.165) is 39.0 Å². The molecule has 1 aliphatic carbocycles. The zero-order valence-corrected chi connectivity index (χ0v) is 18.0. The maximum atomic E-state index is 12.5. The van der Waals surface area contributed by atoms with E-state index in [4.69, 9.17) is 0 Å². The van der Waals surface area contributed by atoms with Crippen molar-refractivity contribution in [2.75, 3.05) is 53.4 Å². The van der Waals surface area contributed by atoms with Crippen LogP contribution in [0, 0.1) is 5.92 Å². The molecule has 1 atom stereocenters. The molecule has 2 rings (SSSR count). The molecular weight excluding hydrogens is 375 g/mol. The molecule has 1 saturated carbocycles. The van der Waals surface area contributed by atoms with Crippen LogP contribution in [0.25, 0.3) is 0 Å². The Labute approximate surface area is 170 Å². The number of hydrogen-bond donors (Lipinski definition) is 1. The highest BCUT2D eigenvalue weighted by Crippen LogP contribution is 2.21. The minimum atomic E-state index is 0. The Balaban J connectivity index is 0.00000312. The Morgan fingerprint density at radius 2 is 1.65 bits per heavy atom. The molecule has 154 valence electrons. The monoisotopic (exact) mass is 410 g/mol. The highest BCUT2D eigenvalue weighted by atomic mass is 35.5. The van der Waals surface area contributed by atoms with Crippen molar-refractivity contribution < 1.29 is 9.59 Å². The summed E-state index contributed by atoms with van der Waals surface area (Å²) in [4.78, 5) is 30.9. The summed E-state index contributed by atoms with van der Waals surface area (Å²) in [5.74, 6) is 0.459. The van der Waals surface area contributed by atoms with Crippen LogP contribution < -0.4 is 5.32 Å². The van der Waals surface area contributed by atoms with Crippen molar-refractivity contribution in [2.45, 2.75) is 45.1 Å². The van der Waals surface area contributed by atoms with Gasteiger partial charge in [0.25, 0.3) is 0 Å². The average Bonchev–Trinajstić information content (AvgIpc) is 2.62. The lowest BCUT2D eigenvalue weighted by atomic mass is 9.94. The van der Waals surface area contributed by atoms with E-state index in [0.29, 0.717) is 19.1 Å².